The van der Waals surface area contributed by atoms with Crippen LogP contribution in [-0.4, -0.2) is 78.5 Å². The fourth-order valence-corrected chi connectivity index (χ4v) is 6.27. The van der Waals surface area contributed by atoms with Crippen LogP contribution < -0.4 is 16.4 Å². The predicted octanol–water partition coefficient (Wildman–Crippen LogP) is 0.326. The maximum absolute atomic E-state index is 12.6. The Bertz CT molecular complexity index is 1040. The maximum Gasteiger partial charge on any atom is 0.315 e. The van der Waals surface area contributed by atoms with Crippen molar-refractivity contribution in [3.63, 3.8) is 0 Å². The number of rotatable bonds is 8. The molecule has 3 aliphatic rings. The summed E-state index contributed by atoms with van der Waals surface area (Å²) in [4.78, 5) is 36.5. The normalized spacial score (nSPS) is 30.9. The van der Waals surface area contributed by atoms with E-state index in [1.54, 1.807) is 4.57 Å². The lowest BCUT2D eigenvalue weighted by molar-refractivity contribution is -0.155. The summed E-state index contributed by atoms with van der Waals surface area (Å²) in [5.41, 5.74) is 6.79. The van der Waals surface area contributed by atoms with Gasteiger partial charge in [0, 0.05) is 23.8 Å². The molecule has 2 aromatic rings. The molecule has 0 bridgehead atoms. The van der Waals surface area contributed by atoms with Gasteiger partial charge in [0.05, 0.1) is 31.1 Å². The van der Waals surface area contributed by atoms with Gasteiger partial charge in [-0.1, -0.05) is 6.42 Å². The predicted molar refractivity (Wildman–Crippen MR) is 119 cm³/mol. The molecule has 33 heavy (non-hydrogen) atoms. The van der Waals surface area contributed by atoms with Crippen LogP contribution in [0.1, 0.15) is 38.3 Å². The Labute approximate surface area is 194 Å². The molecule has 0 spiro atoms. The molecule has 0 aliphatic carbocycles. The number of hydrogen-bond donors (Lipinski definition) is 4. The number of ether oxygens (including phenoxy) is 2. The summed E-state index contributed by atoms with van der Waals surface area (Å²) >= 11 is 1.86. The summed E-state index contributed by atoms with van der Waals surface area (Å²) in [6, 6.07) is 0.286. The summed E-state index contributed by atoms with van der Waals surface area (Å²) in [6.07, 6.45) is 4.37. The summed E-state index contributed by atoms with van der Waals surface area (Å²) < 4.78 is 13.3. The Balaban J connectivity index is 1.15. The van der Waals surface area contributed by atoms with Crippen LogP contribution in [0.4, 0.5) is 10.6 Å². The first-order chi connectivity index (χ1) is 16.0. The molecular formula is C20H27N7O5S. The Morgan fingerprint density at radius 3 is 3.06 bits per heavy atom. The Hall–Kier alpha value is -2.64. The molecule has 5 rings (SSSR count). The molecule has 178 valence electrons. The number of thioether (sulfide) groups is 1. The first-order valence-corrected chi connectivity index (χ1v) is 12.2. The van der Waals surface area contributed by atoms with E-state index in [1.165, 1.54) is 12.7 Å². The molecule has 0 radical (unpaired) electrons. The fraction of sp³-hybridized carbons (Fsp3) is 0.650. The minimum absolute atomic E-state index is 0.0896. The van der Waals surface area contributed by atoms with E-state index in [0.29, 0.717) is 35.7 Å². The topological polar surface area (TPSA) is 167 Å². The van der Waals surface area contributed by atoms with Gasteiger partial charge in [-0.3, -0.25) is 9.36 Å². The maximum atomic E-state index is 12.6. The molecule has 5 N–H and O–H groups in total. The summed E-state index contributed by atoms with van der Waals surface area (Å²) in [5, 5.41) is 15.9. The lowest BCUT2D eigenvalue weighted by atomic mass is 10.0. The van der Waals surface area contributed by atoms with Gasteiger partial charge in [-0.15, -0.1) is 0 Å². The number of urea groups is 1. The Morgan fingerprint density at radius 2 is 2.21 bits per heavy atom. The molecule has 3 fully saturated rings. The van der Waals surface area contributed by atoms with Crippen molar-refractivity contribution in [2.75, 3.05) is 18.1 Å². The number of nitrogens with two attached hydrogens (primary N) is 1. The number of esters is 1. The van der Waals surface area contributed by atoms with Crippen molar-refractivity contribution in [2.24, 2.45) is 0 Å². The lowest BCUT2D eigenvalue weighted by Gasteiger charge is -2.20. The van der Waals surface area contributed by atoms with Crippen LogP contribution in [0, 0.1) is 0 Å². The number of amides is 2. The number of aliphatic hydroxyl groups is 1. The monoisotopic (exact) mass is 477 g/mol. The van der Waals surface area contributed by atoms with Crippen molar-refractivity contribution >= 4 is 40.7 Å². The van der Waals surface area contributed by atoms with E-state index >= 15 is 0 Å². The third-order valence-electron chi connectivity index (χ3n) is 6.35. The van der Waals surface area contributed by atoms with Gasteiger partial charge in [0.2, 0.25) is 0 Å². The SMILES string of the molecule is Nc1ncnc2c1ncn2C1O[C@H](CO)C[C@@H]1OC(=O)CCCC[C@@H]1SC[C@@H]2NC(=O)N[C@@H]21. The van der Waals surface area contributed by atoms with Crippen molar-refractivity contribution in [1.82, 2.24) is 30.2 Å². The number of imidazole rings is 1. The molecule has 6 atom stereocenters. The number of nitrogens with zero attached hydrogens (tertiary/aromatic N) is 4. The van der Waals surface area contributed by atoms with E-state index in [0.717, 1.165) is 18.6 Å². The number of aliphatic hydroxyl groups excluding tert-OH is 1. The summed E-state index contributed by atoms with van der Waals surface area (Å²) in [6.45, 7) is -0.180. The van der Waals surface area contributed by atoms with Gasteiger partial charge >= 0.3 is 12.0 Å². The zero-order chi connectivity index (χ0) is 22.9. The highest BCUT2D eigenvalue weighted by molar-refractivity contribution is 8.00. The van der Waals surface area contributed by atoms with Crippen LogP contribution in [0.2, 0.25) is 0 Å². The molecule has 5 heterocycles. The first-order valence-electron chi connectivity index (χ1n) is 11.1. The molecule has 3 saturated heterocycles. The van der Waals surface area contributed by atoms with Crippen molar-refractivity contribution in [3.8, 4) is 0 Å². The van der Waals surface area contributed by atoms with Crippen molar-refractivity contribution in [1.29, 1.82) is 0 Å². The zero-order valence-corrected chi connectivity index (χ0v) is 18.7. The van der Waals surface area contributed by atoms with Gasteiger partial charge < -0.3 is 30.9 Å². The van der Waals surface area contributed by atoms with E-state index in [1.807, 2.05) is 11.8 Å². The van der Waals surface area contributed by atoms with Crippen molar-refractivity contribution in [2.45, 2.75) is 67.9 Å². The van der Waals surface area contributed by atoms with E-state index < -0.39 is 18.4 Å². The third-order valence-corrected chi connectivity index (χ3v) is 7.86. The highest BCUT2D eigenvalue weighted by Gasteiger charge is 2.43. The molecule has 13 heteroatoms. The van der Waals surface area contributed by atoms with Crippen LogP contribution in [0.15, 0.2) is 12.7 Å². The number of carbonyl (C=O) groups is 2. The minimum atomic E-state index is -0.657. The number of nitrogens with one attached hydrogen (secondary N) is 2. The van der Waals surface area contributed by atoms with Crippen LogP contribution >= 0.6 is 11.8 Å². The van der Waals surface area contributed by atoms with Gasteiger partial charge in [0.15, 0.2) is 17.7 Å². The first kappa shape index (κ1) is 22.2. The average Bonchev–Trinajstić information content (AvgIpc) is 3.55. The van der Waals surface area contributed by atoms with E-state index in [-0.39, 0.29) is 36.5 Å². The zero-order valence-electron chi connectivity index (χ0n) is 17.9. The molecule has 0 aromatic carbocycles. The second-order valence-corrected chi connectivity index (χ2v) is 9.82. The lowest BCUT2D eigenvalue weighted by Crippen LogP contribution is -2.36. The smallest absolute Gasteiger partial charge is 0.315 e. The second kappa shape index (κ2) is 9.31. The highest BCUT2D eigenvalue weighted by Crippen LogP contribution is 2.35. The number of nitrogen functional groups attached to an aromatic ring is 1. The van der Waals surface area contributed by atoms with Gasteiger partial charge in [-0.05, 0) is 12.8 Å². The molecule has 0 saturated carbocycles. The minimum Gasteiger partial charge on any atom is -0.457 e. The number of unbranched alkanes of at least 4 members (excludes halogenated alkanes) is 1. The number of fused-ring (bicyclic) bond motifs is 2. The molecule has 3 aliphatic heterocycles. The Kier molecular flexibility index (Phi) is 6.25. The van der Waals surface area contributed by atoms with Crippen LogP contribution in [0.25, 0.3) is 11.2 Å². The fourth-order valence-electron chi connectivity index (χ4n) is 4.73. The van der Waals surface area contributed by atoms with Gasteiger partial charge in [-0.2, -0.15) is 11.8 Å². The van der Waals surface area contributed by atoms with Crippen LogP contribution in [0.3, 0.4) is 0 Å². The van der Waals surface area contributed by atoms with Crippen LogP contribution in [0.5, 0.6) is 0 Å². The van der Waals surface area contributed by atoms with Gasteiger partial charge in [0.1, 0.15) is 17.9 Å². The van der Waals surface area contributed by atoms with Gasteiger partial charge in [0.25, 0.3) is 0 Å². The summed E-state index contributed by atoms with van der Waals surface area (Å²) in [7, 11) is 0. The number of aromatic nitrogens is 4. The molecule has 1 unspecified atom stereocenters. The van der Waals surface area contributed by atoms with E-state index in [9.17, 15) is 14.7 Å². The van der Waals surface area contributed by atoms with E-state index in [2.05, 4.69) is 25.6 Å². The summed E-state index contributed by atoms with van der Waals surface area (Å²) in [5.74, 6) is 0.868. The third kappa shape index (κ3) is 4.44. The Morgan fingerprint density at radius 1 is 1.33 bits per heavy atom. The number of carbonyl (C=O) groups excluding carboxylic acids is 2. The van der Waals surface area contributed by atoms with Gasteiger partial charge in [-0.25, -0.2) is 19.7 Å². The molecule has 2 amide bonds. The molecule has 2 aromatic heterocycles. The van der Waals surface area contributed by atoms with E-state index in [4.69, 9.17) is 15.2 Å². The number of hydrogen-bond acceptors (Lipinski definition) is 10. The van der Waals surface area contributed by atoms with Crippen molar-refractivity contribution < 1.29 is 24.2 Å². The number of anilines is 1. The van der Waals surface area contributed by atoms with Crippen molar-refractivity contribution in [3.05, 3.63) is 12.7 Å². The van der Waals surface area contributed by atoms with Crippen LogP contribution in [-0.2, 0) is 14.3 Å². The largest absolute Gasteiger partial charge is 0.457 e. The molecular weight excluding hydrogens is 450 g/mol. The average molecular weight is 478 g/mol. The second-order valence-electron chi connectivity index (χ2n) is 8.55. The quantitative estimate of drug-likeness (QED) is 0.236. The standard InChI is InChI=1S/C20H27N7O5S/c21-17-16-18(23-8-22-17)27(9-24-16)19-12(5-10(6-28)31-19)32-14(29)4-2-1-3-13-15-11(7-33-13)25-20(30)26-15/h8-13,15,19,28H,1-7H2,(H2,21,22,23)(H2,25,26,30)/t10-,11-,12-,13-,15-,19?/m0/s1. The highest BCUT2D eigenvalue weighted by atomic mass is 32.2. The molecule has 12 nitrogen and oxygen atoms in total.